The van der Waals surface area contributed by atoms with E-state index in [-0.39, 0.29) is 10.7 Å². The van der Waals surface area contributed by atoms with Crippen LogP contribution in [0.2, 0.25) is 0 Å². The molecule has 0 unspecified atom stereocenters. The number of fused-ring (bicyclic) bond motifs is 2. The number of amides is 2. The molecule has 6 rings (SSSR count). The molecule has 8 nitrogen and oxygen atoms in total. The number of hydrogen-bond acceptors (Lipinski definition) is 7. The first-order valence-electron chi connectivity index (χ1n) is 11.9. The van der Waals surface area contributed by atoms with Gasteiger partial charge in [-0.05, 0) is 85.3 Å². The zero-order chi connectivity index (χ0) is 28.0. The largest absolute Gasteiger partial charge is 0.323 e. The van der Waals surface area contributed by atoms with Gasteiger partial charge in [-0.25, -0.2) is 19.2 Å². The highest BCUT2D eigenvalue weighted by Gasteiger charge is 2.21. The number of benzene rings is 4. The summed E-state index contributed by atoms with van der Waals surface area (Å²) < 4.78 is 48.1. The van der Waals surface area contributed by atoms with Crippen molar-refractivity contribution in [3.8, 4) is 21.1 Å². The van der Waals surface area contributed by atoms with Gasteiger partial charge in [0, 0.05) is 22.5 Å². The average molecular weight is 591 g/mol. The number of hydrogen-bond donors (Lipinski definition) is 3. The Morgan fingerprint density at radius 3 is 2.05 bits per heavy atom. The van der Waals surface area contributed by atoms with Crippen molar-refractivity contribution >= 4 is 70.6 Å². The zero-order valence-corrected chi connectivity index (χ0v) is 23.1. The van der Waals surface area contributed by atoms with Crippen molar-refractivity contribution < 1.29 is 22.2 Å². The van der Waals surface area contributed by atoms with Crippen molar-refractivity contribution in [2.45, 2.75) is 11.8 Å². The Bertz CT molecular complexity index is 2020. The molecule has 40 heavy (non-hydrogen) atoms. The van der Waals surface area contributed by atoms with Gasteiger partial charge in [0.05, 0.1) is 20.4 Å². The first kappa shape index (κ1) is 26.0. The third-order valence-corrected chi connectivity index (χ3v) is 9.47. The van der Waals surface area contributed by atoms with E-state index in [0.29, 0.717) is 32.2 Å². The van der Waals surface area contributed by atoms with Gasteiger partial charge in [0.15, 0.2) is 0 Å². The number of nitrogens with one attached hydrogen (secondary N) is 2. The summed E-state index contributed by atoms with van der Waals surface area (Å²) in [5.41, 5.74) is 4.52. The Kier molecular flexibility index (Phi) is 6.55. The Morgan fingerprint density at radius 2 is 1.38 bits per heavy atom. The number of nitrogens with zero attached hydrogens (tertiary/aromatic N) is 2. The molecule has 0 saturated carbocycles. The predicted octanol–water partition coefficient (Wildman–Crippen LogP) is 7.58. The third kappa shape index (κ3) is 5.17. The Labute approximate surface area is 235 Å². The minimum absolute atomic E-state index is 0.110. The second-order valence-electron chi connectivity index (χ2n) is 8.92. The highest BCUT2D eigenvalue weighted by Crippen LogP contribution is 2.38. The molecule has 2 heterocycles. The molecule has 0 bridgehead atoms. The SMILES string of the molecule is Cc1ccc2nc(-c3ccc4nc(-c5ccc(NC(=O)Nc6ccc(F)cc6)cc5)sc4c3)sc2c1S(=O)(=O)O. The van der Waals surface area contributed by atoms with Crippen LogP contribution < -0.4 is 10.6 Å². The fourth-order valence-electron chi connectivity index (χ4n) is 4.21. The lowest BCUT2D eigenvalue weighted by Gasteiger charge is -2.08. The average Bonchev–Trinajstić information content (AvgIpc) is 3.53. The van der Waals surface area contributed by atoms with E-state index in [2.05, 4.69) is 15.6 Å². The molecule has 200 valence electrons. The molecule has 12 heteroatoms. The van der Waals surface area contributed by atoms with Gasteiger partial charge >= 0.3 is 6.03 Å². The van der Waals surface area contributed by atoms with Crippen LogP contribution in [-0.2, 0) is 10.1 Å². The number of carbonyl (C=O) groups excluding carboxylic acids is 1. The summed E-state index contributed by atoms with van der Waals surface area (Å²) in [6.07, 6.45) is 0. The first-order chi connectivity index (χ1) is 19.1. The monoisotopic (exact) mass is 590 g/mol. The van der Waals surface area contributed by atoms with E-state index < -0.39 is 16.1 Å². The number of aryl methyl sites for hydroxylation is 1. The molecule has 6 aromatic rings. The van der Waals surface area contributed by atoms with Crippen LogP contribution in [0, 0.1) is 12.7 Å². The highest BCUT2D eigenvalue weighted by atomic mass is 32.2. The van der Waals surface area contributed by atoms with Crippen LogP contribution in [0.5, 0.6) is 0 Å². The quantitative estimate of drug-likeness (QED) is 0.178. The lowest BCUT2D eigenvalue weighted by molar-refractivity contribution is 0.262. The minimum Gasteiger partial charge on any atom is -0.308 e. The Balaban J connectivity index is 1.23. The zero-order valence-electron chi connectivity index (χ0n) is 20.7. The summed E-state index contributed by atoms with van der Waals surface area (Å²) in [5.74, 6) is -0.381. The normalized spacial score (nSPS) is 11.7. The molecule has 0 atom stereocenters. The summed E-state index contributed by atoms with van der Waals surface area (Å²) in [6.45, 7) is 1.64. The number of rotatable bonds is 5. The summed E-state index contributed by atoms with van der Waals surface area (Å²) >= 11 is 2.71. The van der Waals surface area contributed by atoms with Crippen LogP contribution in [-0.4, -0.2) is 29.0 Å². The van der Waals surface area contributed by atoms with Crippen LogP contribution in [0.15, 0.2) is 83.8 Å². The van der Waals surface area contributed by atoms with Crippen LogP contribution in [0.4, 0.5) is 20.6 Å². The topological polar surface area (TPSA) is 121 Å². The number of aromatic nitrogens is 2. The van der Waals surface area contributed by atoms with Crippen LogP contribution >= 0.6 is 22.7 Å². The minimum atomic E-state index is -4.39. The molecular formula is C28H19FN4O4S3. The molecule has 0 aliphatic rings. The summed E-state index contributed by atoms with van der Waals surface area (Å²) in [6, 6.07) is 21.4. The molecule has 0 saturated heterocycles. The molecule has 0 spiro atoms. The van der Waals surface area contributed by atoms with Gasteiger partial charge in [0.1, 0.15) is 20.7 Å². The molecule has 0 radical (unpaired) electrons. The second kappa shape index (κ2) is 10.1. The summed E-state index contributed by atoms with van der Waals surface area (Å²) in [5, 5.41) is 6.82. The molecular weight excluding hydrogens is 572 g/mol. The molecule has 0 fully saturated rings. The fourth-order valence-corrected chi connectivity index (χ4v) is 7.53. The molecule has 3 N–H and O–H groups in total. The van der Waals surface area contributed by atoms with E-state index in [9.17, 15) is 22.2 Å². The van der Waals surface area contributed by atoms with Crippen LogP contribution in [0.25, 0.3) is 41.6 Å². The van der Waals surface area contributed by atoms with E-state index in [0.717, 1.165) is 26.4 Å². The van der Waals surface area contributed by atoms with E-state index >= 15 is 0 Å². The van der Waals surface area contributed by atoms with E-state index in [4.69, 9.17) is 4.98 Å². The predicted molar refractivity (Wildman–Crippen MR) is 157 cm³/mol. The van der Waals surface area contributed by atoms with E-state index in [1.165, 1.54) is 46.9 Å². The highest BCUT2D eigenvalue weighted by molar-refractivity contribution is 7.86. The third-order valence-electron chi connectivity index (χ3n) is 6.09. The summed E-state index contributed by atoms with van der Waals surface area (Å²) in [7, 11) is -4.39. The van der Waals surface area contributed by atoms with Gasteiger partial charge in [-0.3, -0.25) is 4.55 Å². The van der Waals surface area contributed by atoms with Gasteiger partial charge in [-0.15, -0.1) is 22.7 Å². The molecule has 4 aromatic carbocycles. The maximum Gasteiger partial charge on any atom is 0.323 e. The Morgan fingerprint density at radius 1 is 0.800 bits per heavy atom. The smallest absolute Gasteiger partial charge is 0.308 e. The molecule has 2 amide bonds. The van der Waals surface area contributed by atoms with Gasteiger partial charge in [-0.1, -0.05) is 6.07 Å². The fraction of sp³-hybridized carbons (Fsp3) is 0.0357. The molecule has 0 aliphatic carbocycles. The van der Waals surface area contributed by atoms with Crippen molar-refractivity contribution in [1.82, 2.24) is 9.97 Å². The van der Waals surface area contributed by atoms with Crippen LogP contribution in [0.1, 0.15) is 5.56 Å². The Hall–Kier alpha value is -4.23. The van der Waals surface area contributed by atoms with Gasteiger partial charge < -0.3 is 10.6 Å². The van der Waals surface area contributed by atoms with E-state index in [1.54, 1.807) is 31.2 Å². The number of anilines is 2. The summed E-state index contributed by atoms with van der Waals surface area (Å²) in [4.78, 5) is 21.5. The van der Waals surface area contributed by atoms with Gasteiger partial charge in [-0.2, -0.15) is 8.42 Å². The number of halogens is 1. The molecule has 2 aromatic heterocycles. The van der Waals surface area contributed by atoms with Crippen molar-refractivity contribution in [1.29, 1.82) is 0 Å². The van der Waals surface area contributed by atoms with Crippen molar-refractivity contribution in [3.63, 3.8) is 0 Å². The lowest BCUT2D eigenvalue weighted by atomic mass is 10.2. The van der Waals surface area contributed by atoms with Crippen molar-refractivity contribution in [2.24, 2.45) is 0 Å². The van der Waals surface area contributed by atoms with Crippen molar-refractivity contribution in [3.05, 3.63) is 90.2 Å². The van der Waals surface area contributed by atoms with Crippen molar-refractivity contribution in [2.75, 3.05) is 10.6 Å². The lowest BCUT2D eigenvalue weighted by Crippen LogP contribution is -2.19. The van der Waals surface area contributed by atoms with Gasteiger partial charge in [0.2, 0.25) is 0 Å². The number of urea groups is 1. The molecule has 0 aliphatic heterocycles. The number of carbonyl (C=O) groups is 1. The van der Waals surface area contributed by atoms with Gasteiger partial charge in [0.25, 0.3) is 10.1 Å². The maximum absolute atomic E-state index is 13.1. The van der Waals surface area contributed by atoms with Crippen LogP contribution in [0.3, 0.4) is 0 Å². The van der Waals surface area contributed by atoms with E-state index in [1.807, 2.05) is 30.3 Å². The number of thiazole rings is 2. The maximum atomic E-state index is 13.1. The first-order valence-corrected chi connectivity index (χ1v) is 14.9. The standard InChI is InChI=1S/C28H19FN4O4S3/c1-15-2-12-22-24(25(15)40(35,36)37)39-27(33-22)17-5-13-21-23(14-17)38-26(32-21)16-3-8-19(9-4-16)30-28(34)31-20-10-6-18(29)7-11-20/h2-14H,1H3,(H2,30,31,34)(H,35,36,37). The second-order valence-corrected chi connectivity index (χ2v) is 12.3.